The summed E-state index contributed by atoms with van der Waals surface area (Å²) >= 11 is 0. The summed E-state index contributed by atoms with van der Waals surface area (Å²) in [4.78, 5) is 0. The van der Waals surface area contributed by atoms with Crippen molar-refractivity contribution in [1.82, 2.24) is 5.32 Å². The van der Waals surface area contributed by atoms with Crippen LogP contribution in [0.2, 0.25) is 0 Å². The van der Waals surface area contributed by atoms with Crippen molar-refractivity contribution < 1.29 is 0 Å². The van der Waals surface area contributed by atoms with Crippen molar-refractivity contribution >= 4 is 0 Å². The minimum atomic E-state index is 0.569. The van der Waals surface area contributed by atoms with Crippen LogP contribution in [0.3, 0.4) is 0 Å². The second-order valence-electron chi connectivity index (χ2n) is 6.30. The Morgan fingerprint density at radius 3 is 2.52 bits per heavy atom. The second kappa shape index (κ2) is 6.44. The van der Waals surface area contributed by atoms with Crippen molar-refractivity contribution in [3.05, 3.63) is 70.8 Å². The Bertz CT molecular complexity index is 602. The topological polar surface area (TPSA) is 12.0 Å². The van der Waals surface area contributed by atoms with Crippen molar-refractivity contribution in [3.8, 4) is 0 Å². The van der Waals surface area contributed by atoms with Crippen molar-refractivity contribution in [2.45, 2.75) is 38.6 Å². The van der Waals surface area contributed by atoms with Crippen LogP contribution in [0.5, 0.6) is 0 Å². The number of likely N-dealkylation sites (N-methyl/N-ethyl adjacent to an activating group) is 1. The Balaban J connectivity index is 1.74. The lowest BCUT2D eigenvalue weighted by Crippen LogP contribution is -2.38. The van der Waals surface area contributed by atoms with E-state index in [9.17, 15) is 0 Å². The summed E-state index contributed by atoms with van der Waals surface area (Å²) in [7, 11) is 2.11. The molecule has 2 aromatic rings. The Morgan fingerprint density at radius 2 is 1.76 bits per heavy atom. The zero-order valence-corrected chi connectivity index (χ0v) is 13.1. The van der Waals surface area contributed by atoms with E-state index in [0.717, 1.165) is 12.3 Å². The van der Waals surface area contributed by atoms with Crippen LogP contribution in [0.15, 0.2) is 48.5 Å². The second-order valence-corrected chi connectivity index (χ2v) is 6.30. The smallest absolute Gasteiger partial charge is 0.0136 e. The molecular weight excluding hydrogens is 254 g/mol. The molecule has 2 atom stereocenters. The summed E-state index contributed by atoms with van der Waals surface area (Å²) in [5.74, 6) is 0.740. The van der Waals surface area contributed by atoms with Gasteiger partial charge in [-0.15, -0.1) is 0 Å². The number of fused-ring (bicyclic) bond motifs is 1. The molecule has 0 bridgehead atoms. The molecule has 21 heavy (non-hydrogen) atoms. The van der Waals surface area contributed by atoms with E-state index in [0.29, 0.717) is 6.04 Å². The monoisotopic (exact) mass is 279 g/mol. The van der Waals surface area contributed by atoms with Gasteiger partial charge in [0.15, 0.2) is 0 Å². The van der Waals surface area contributed by atoms with Gasteiger partial charge in [-0.1, -0.05) is 48.5 Å². The van der Waals surface area contributed by atoms with Crippen molar-refractivity contribution in [2.24, 2.45) is 5.92 Å². The molecule has 1 nitrogen and oxygen atoms in total. The van der Waals surface area contributed by atoms with Crippen LogP contribution in [-0.2, 0) is 19.3 Å². The largest absolute Gasteiger partial charge is 0.316 e. The quantitative estimate of drug-likeness (QED) is 0.894. The summed E-state index contributed by atoms with van der Waals surface area (Å²) in [6, 6.07) is 18.3. The fraction of sp³-hybridized carbons (Fsp3) is 0.400. The molecule has 1 heteroatoms. The molecule has 0 aliphatic heterocycles. The van der Waals surface area contributed by atoms with Gasteiger partial charge >= 0.3 is 0 Å². The molecule has 1 N–H and O–H groups in total. The molecule has 0 spiro atoms. The molecule has 0 aromatic heterocycles. The van der Waals surface area contributed by atoms with E-state index in [1.54, 1.807) is 11.1 Å². The van der Waals surface area contributed by atoms with Crippen LogP contribution >= 0.6 is 0 Å². The normalized spacial score (nSPS) is 19.0. The van der Waals surface area contributed by atoms with Gasteiger partial charge in [0, 0.05) is 6.04 Å². The van der Waals surface area contributed by atoms with E-state index in [-0.39, 0.29) is 0 Å². The highest BCUT2D eigenvalue weighted by molar-refractivity contribution is 5.31. The third-order valence-electron chi connectivity index (χ3n) is 5.03. The predicted octanol–water partition coefficient (Wildman–Crippen LogP) is 3.93. The maximum absolute atomic E-state index is 3.58. The van der Waals surface area contributed by atoms with Gasteiger partial charge in [-0.25, -0.2) is 0 Å². The SMILES string of the molecule is CNC(Cc1ccccc1C)C1CCc2ccccc2C1. The molecule has 0 heterocycles. The standard InChI is InChI=1S/C20H25N/c1-15-7-3-4-9-17(15)14-20(21-2)19-12-11-16-8-5-6-10-18(16)13-19/h3-10,19-21H,11-14H2,1-2H3. The highest BCUT2D eigenvalue weighted by atomic mass is 14.9. The molecule has 0 amide bonds. The zero-order chi connectivity index (χ0) is 14.7. The van der Waals surface area contributed by atoms with E-state index in [1.807, 2.05) is 0 Å². The number of hydrogen-bond donors (Lipinski definition) is 1. The first-order chi connectivity index (χ1) is 10.3. The van der Waals surface area contributed by atoms with Gasteiger partial charge < -0.3 is 5.32 Å². The highest BCUT2D eigenvalue weighted by Crippen LogP contribution is 2.29. The van der Waals surface area contributed by atoms with E-state index >= 15 is 0 Å². The summed E-state index contributed by atoms with van der Waals surface area (Å²) < 4.78 is 0. The van der Waals surface area contributed by atoms with Gasteiger partial charge in [0.1, 0.15) is 0 Å². The molecule has 0 fully saturated rings. The number of rotatable bonds is 4. The van der Waals surface area contributed by atoms with Crippen LogP contribution in [-0.4, -0.2) is 13.1 Å². The number of benzene rings is 2. The van der Waals surface area contributed by atoms with Gasteiger partial charge in [0.05, 0.1) is 0 Å². The molecule has 0 saturated heterocycles. The Labute approximate surface area is 128 Å². The molecule has 2 unspecified atom stereocenters. The van der Waals surface area contributed by atoms with Crippen molar-refractivity contribution in [3.63, 3.8) is 0 Å². The van der Waals surface area contributed by atoms with Crippen molar-refractivity contribution in [2.75, 3.05) is 7.05 Å². The molecule has 1 aliphatic carbocycles. The Morgan fingerprint density at radius 1 is 1.05 bits per heavy atom. The summed E-state index contributed by atoms with van der Waals surface area (Å²) in [6.07, 6.45) is 4.88. The highest BCUT2D eigenvalue weighted by Gasteiger charge is 2.25. The first-order valence-electron chi connectivity index (χ1n) is 8.06. The minimum absolute atomic E-state index is 0.569. The average Bonchev–Trinajstić information content (AvgIpc) is 2.54. The number of aryl methyl sites for hydroxylation is 2. The van der Waals surface area contributed by atoms with Crippen LogP contribution < -0.4 is 5.32 Å². The fourth-order valence-electron chi connectivity index (χ4n) is 3.65. The summed E-state index contributed by atoms with van der Waals surface area (Å²) in [5, 5.41) is 3.58. The maximum atomic E-state index is 3.58. The van der Waals surface area contributed by atoms with Crippen LogP contribution in [0.4, 0.5) is 0 Å². The first kappa shape index (κ1) is 14.3. The van der Waals surface area contributed by atoms with Gasteiger partial charge in [0.2, 0.25) is 0 Å². The summed E-state index contributed by atoms with van der Waals surface area (Å²) in [5.41, 5.74) is 6.00. The lowest BCUT2D eigenvalue weighted by molar-refractivity contribution is 0.333. The van der Waals surface area contributed by atoms with E-state index in [2.05, 4.69) is 67.8 Å². The zero-order valence-electron chi connectivity index (χ0n) is 13.1. The third-order valence-corrected chi connectivity index (χ3v) is 5.03. The van der Waals surface area contributed by atoms with Crippen LogP contribution in [0, 0.1) is 12.8 Å². The Kier molecular flexibility index (Phi) is 4.40. The number of nitrogens with one attached hydrogen (secondary N) is 1. The van der Waals surface area contributed by atoms with E-state index < -0.39 is 0 Å². The summed E-state index contributed by atoms with van der Waals surface area (Å²) in [6.45, 7) is 2.22. The van der Waals surface area contributed by atoms with E-state index in [1.165, 1.54) is 30.4 Å². The van der Waals surface area contributed by atoms with Gasteiger partial charge in [0.25, 0.3) is 0 Å². The lowest BCUT2D eigenvalue weighted by Gasteiger charge is -2.32. The predicted molar refractivity (Wildman–Crippen MR) is 89.7 cm³/mol. The van der Waals surface area contributed by atoms with Gasteiger partial charge in [-0.3, -0.25) is 0 Å². The Hall–Kier alpha value is -1.60. The minimum Gasteiger partial charge on any atom is -0.316 e. The average molecular weight is 279 g/mol. The maximum Gasteiger partial charge on any atom is 0.0136 e. The van der Waals surface area contributed by atoms with Crippen LogP contribution in [0.1, 0.15) is 28.7 Å². The molecule has 0 saturated carbocycles. The number of hydrogen-bond acceptors (Lipinski definition) is 1. The first-order valence-corrected chi connectivity index (χ1v) is 8.06. The molecule has 3 rings (SSSR count). The molecule has 2 aromatic carbocycles. The fourth-order valence-corrected chi connectivity index (χ4v) is 3.65. The molecular formula is C20H25N. The molecule has 110 valence electrons. The van der Waals surface area contributed by atoms with E-state index in [4.69, 9.17) is 0 Å². The van der Waals surface area contributed by atoms with Crippen LogP contribution in [0.25, 0.3) is 0 Å². The molecule has 0 radical (unpaired) electrons. The van der Waals surface area contributed by atoms with Gasteiger partial charge in [-0.05, 0) is 67.8 Å². The molecule has 1 aliphatic rings. The van der Waals surface area contributed by atoms with Gasteiger partial charge in [-0.2, -0.15) is 0 Å². The lowest BCUT2D eigenvalue weighted by atomic mass is 9.78. The van der Waals surface area contributed by atoms with Crippen molar-refractivity contribution in [1.29, 1.82) is 0 Å². The third kappa shape index (κ3) is 3.19.